The molecule has 1 heterocycles. The van der Waals surface area contributed by atoms with Gasteiger partial charge in [-0.15, -0.1) is 0 Å². The third-order valence-corrected chi connectivity index (χ3v) is 4.53. The molecule has 124 valence electrons. The van der Waals surface area contributed by atoms with Crippen molar-refractivity contribution in [2.24, 2.45) is 0 Å². The molecule has 0 amide bonds. The van der Waals surface area contributed by atoms with Gasteiger partial charge in [-0.05, 0) is 19.1 Å². The van der Waals surface area contributed by atoms with E-state index in [1.165, 1.54) is 25.1 Å². The number of hydrogen-bond donors (Lipinski definition) is 1. The van der Waals surface area contributed by atoms with Gasteiger partial charge >= 0.3 is 5.97 Å². The molecule has 0 bridgehead atoms. The molecule has 0 spiro atoms. The van der Waals surface area contributed by atoms with E-state index in [0.717, 1.165) is 0 Å². The lowest BCUT2D eigenvalue weighted by Gasteiger charge is -2.14. The first-order valence-electron chi connectivity index (χ1n) is 6.89. The first kappa shape index (κ1) is 17.1. The van der Waals surface area contributed by atoms with Gasteiger partial charge in [0.25, 0.3) is 0 Å². The van der Waals surface area contributed by atoms with E-state index in [1.54, 1.807) is 6.07 Å². The third-order valence-electron chi connectivity index (χ3n) is 2.99. The summed E-state index contributed by atoms with van der Waals surface area (Å²) in [4.78, 5) is 11.5. The van der Waals surface area contributed by atoms with E-state index in [1.807, 2.05) is 0 Å². The van der Waals surface area contributed by atoms with Crippen LogP contribution < -0.4 is 14.2 Å². The maximum atomic E-state index is 12.3. The molecule has 0 fully saturated rings. The van der Waals surface area contributed by atoms with Gasteiger partial charge in [-0.2, -0.15) is 9.98 Å². The number of nitrogens with zero attached hydrogens (tertiary/aromatic N) is 1. The molecule has 0 aliphatic carbocycles. The minimum absolute atomic E-state index is 0.0540. The summed E-state index contributed by atoms with van der Waals surface area (Å²) in [7, 11) is -3.94. The van der Waals surface area contributed by atoms with Crippen LogP contribution in [-0.4, -0.2) is 40.2 Å². The number of nitriles is 1. The lowest BCUT2D eigenvalue weighted by Crippen LogP contribution is -2.39. The summed E-state index contributed by atoms with van der Waals surface area (Å²) in [5.74, 6) is -0.0162. The quantitative estimate of drug-likeness (QED) is 0.780. The average molecular weight is 340 g/mol. The van der Waals surface area contributed by atoms with Crippen molar-refractivity contribution in [2.45, 2.75) is 24.3 Å². The van der Waals surface area contributed by atoms with Gasteiger partial charge in [-0.3, -0.25) is 4.79 Å². The second-order valence-corrected chi connectivity index (χ2v) is 6.48. The molecular weight excluding hydrogens is 324 g/mol. The SMILES string of the molecule is C[C@H](NS(=O)(=O)c1ccc2c(c1)OCCCO2)C(=O)OCC#N. The molecule has 1 aliphatic heterocycles. The van der Waals surface area contributed by atoms with Gasteiger partial charge in [0.2, 0.25) is 10.0 Å². The van der Waals surface area contributed by atoms with Gasteiger partial charge in [-0.1, -0.05) is 0 Å². The molecule has 0 saturated carbocycles. The van der Waals surface area contributed by atoms with Gasteiger partial charge in [0.05, 0.1) is 18.1 Å². The molecule has 2 rings (SSSR count). The first-order valence-corrected chi connectivity index (χ1v) is 8.38. The van der Waals surface area contributed by atoms with E-state index in [0.29, 0.717) is 31.1 Å². The Balaban J connectivity index is 2.15. The maximum absolute atomic E-state index is 12.3. The molecule has 0 aromatic heterocycles. The maximum Gasteiger partial charge on any atom is 0.324 e. The molecule has 0 saturated heterocycles. The predicted molar refractivity (Wildman–Crippen MR) is 78.4 cm³/mol. The van der Waals surface area contributed by atoms with Crippen molar-refractivity contribution < 1.29 is 27.4 Å². The van der Waals surface area contributed by atoms with Crippen LogP contribution in [0.15, 0.2) is 23.1 Å². The zero-order valence-electron chi connectivity index (χ0n) is 12.4. The molecule has 1 aromatic carbocycles. The Bertz CT molecular complexity index is 725. The van der Waals surface area contributed by atoms with Crippen LogP contribution in [0.2, 0.25) is 0 Å². The minimum Gasteiger partial charge on any atom is -0.490 e. The summed E-state index contributed by atoms with van der Waals surface area (Å²) >= 11 is 0. The summed E-state index contributed by atoms with van der Waals surface area (Å²) in [5.41, 5.74) is 0. The second kappa shape index (κ2) is 7.30. The molecule has 1 N–H and O–H groups in total. The Hall–Kier alpha value is -2.31. The topological polar surface area (TPSA) is 115 Å². The van der Waals surface area contributed by atoms with Crippen molar-refractivity contribution in [1.82, 2.24) is 4.72 Å². The molecule has 0 unspecified atom stereocenters. The van der Waals surface area contributed by atoms with Crippen LogP contribution in [0.25, 0.3) is 0 Å². The van der Waals surface area contributed by atoms with Crippen LogP contribution in [0.5, 0.6) is 11.5 Å². The first-order chi connectivity index (χ1) is 10.9. The summed E-state index contributed by atoms with van der Waals surface area (Å²) in [5, 5.41) is 8.35. The number of benzene rings is 1. The summed E-state index contributed by atoms with van der Waals surface area (Å²) in [6, 6.07) is 4.73. The fraction of sp³-hybridized carbons (Fsp3) is 0.429. The van der Waals surface area contributed by atoms with Crippen molar-refractivity contribution in [3.05, 3.63) is 18.2 Å². The van der Waals surface area contributed by atoms with Gasteiger partial charge in [-0.25, -0.2) is 8.42 Å². The highest BCUT2D eigenvalue weighted by Crippen LogP contribution is 2.31. The number of sulfonamides is 1. The highest BCUT2D eigenvalue weighted by molar-refractivity contribution is 7.89. The Morgan fingerprint density at radius 3 is 2.78 bits per heavy atom. The van der Waals surface area contributed by atoms with Crippen LogP contribution in [0.4, 0.5) is 0 Å². The molecule has 0 radical (unpaired) electrons. The number of esters is 1. The zero-order valence-corrected chi connectivity index (χ0v) is 13.3. The van der Waals surface area contributed by atoms with Crippen LogP contribution in [-0.2, 0) is 19.6 Å². The summed E-state index contributed by atoms with van der Waals surface area (Å²) in [6.07, 6.45) is 0.705. The van der Waals surface area contributed by atoms with Crippen molar-refractivity contribution in [2.75, 3.05) is 19.8 Å². The monoisotopic (exact) mass is 340 g/mol. The van der Waals surface area contributed by atoms with Crippen LogP contribution in [0.1, 0.15) is 13.3 Å². The standard InChI is InChI=1S/C14H16N2O6S/c1-10(14(17)22-8-5-15)16-23(18,19)11-3-4-12-13(9-11)21-7-2-6-20-12/h3-4,9-10,16H,2,6-8H2,1H3/t10-/m0/s1. The van der Waals surface area contributed by atoms with Crippen LogP contribution in [0, 0.1) is 11.3 Å². The Morgan fingerprint density at radius 2 is 2.09 bits per heavy atom. The molecular formula is C14H16N2O6S. The normalized spacial score (nSPS) is 15.1. The van der Waals surface area contributed by atoms with E-state index < -0.39 is 28.6 Å². The number of ether oxygens (including phenoxy) is 3. The number of hydrogen-bond acceptors (Lipinski definition) is 7. The number of nitrogens with one attached hydrogen (secondary N) is 1. The van der Waals surface area contributed by atoms with Crippen molar-refractivity contribution in [1.29, 1.82) is 5.26 Å². The zero-order chi connectivity index (χ0) is 16.9. The average Bonchev–Trinajstić information content (AvgIpc) is 2.76. The van der Waals surface area contributed by atoms with Gasteiger partial charge in [0, 0.05) is 12.5 Å². The Kier molecular flexibility index (Phi) is 5.41. The van der Waals surface area contributed by atoms with Crippen molar-refractivity contribution >= 4 is 16.0 Å². The largest absolute Gasteiger partial charge is 0.490 e. The van der Waals surface area contributed by atoms with Gasteiger partial charge in [0.1, 0.15) is 12.1 Å². The van der Waals surface area contributed by atoms with Crippen LogP contribution >= 0.6 is 0 Å². The molecule has 8 nitrogen and oxygen atoms in total. The Labute approximate surface area is 134 Å². The predicted octanol–water partition coefficient (Wildman–Crippen LogP) is 0.581. The number of fused-ring (bicyclic) bond motifs is 1. The summed E-state index contributed by atoms with van der Waals surface area (Å²) < 4.78 is 42.3. The molecule has 23 heavy (non-hydrogen) atoms. The van der Waals surface area contributed by atoms with E-state index in [-0.39, 0.29) is 4.90 Å². The van der Waals surface area contributed by atoms with Crippen LogP contribution in [0.3, 0.4) is 0 Å². The van der Waals surface area contributed by atoms with E-state index in [9.17, 15) is 13.2 Å². The van der Waals surface area contributed by atoms with Crippen molar-refractivity contribution in [3.63, 3.8) is 0 Å². The van der Waals surface area contributed by atoms with Gasteiger partial charge < -0.3 is 14.2 Å². The second-order valence-electron chi connectivity index (χ2n) is 4.77. The van der Waals surface area contributed by atoms with E-state index >= 15 is 0 Å². The molecule has 9 heteroatoms. The lowest BCUT2D eigenvalue weighted by atomic mass is 10.3. The van der Waals surface area contributed by atoms with Gasteiger partial charge in [0.15, 0.2) is 18.1 Å². The number of carbonyl (C=O) groups is 1. The Morgan fingerprint density at radius 1 is 1.39 bits per heavy atom. The highest BCUT2D eigenvalue weighted by atomic mass is 32.2. The number of rotatable bonds is 5. The fourth-order valence-corrected chi connectivity index (χ4v) is 3.10. The fourth-order valence-electron chi connectivity index (χ4n) is 1.89. The smallest absolute Gasteiger partial charge is 0.324 e. The van der Waals surface area contributed by atoms with E-state index in [4.69, 9.17) is 14.7 Å². The molecule has 1 aliphatic rings. The number of carbonyl (C=O) groups excluding carboxylic acids is 1. The lowest BCUT2D eigenvalue weighted by molar-refractivity contribution is -0.143. The third kappa shape index (κ3) is 4.34. The van der Waals surface area contributed by atoms with Crippen molar-refractivity contribution in [3.8, 4) is 17.6 Å². The molecule has 1 atom stereocenters. The van der Waals surface area contributed by atoms with E-state index in [2.05, 4.69) is 9.46 Å². The highest BCUT2D eigenvalue weighted by Gasteiger charge is 2.24. The molecule has 1 aromatic rings. The minimum atomic E-state index is -3.94. The summed E-state index contributed by atoms with van der Waals surface area (Å²) in [6.45, 7) is 1.83.